The average molecular weight is 182 g/mol. The van der Waals surface area contributed by atoms with Crippen molar-refractivity contribution in [1.29, 1.82) is 0 Å². The molecule has 13 heavy (non-hydrogen) atoms. The Labute approximate surface area is 75.2 Å². The lowest BCUT2D eigenvalue weighted by atomic mass is 10.3. The third-order valence-electron chi connectivity index (χ3n) is 1.96. The van der Waals surface area contributed by atoms with Crippen molar-refractivity contribution in [3.63, 3.8) is 0 Å². The smallest absolute Gasteiger partial charge is 0.358 e. The van der Waals surface area contributed by atoms with Crippen molar-refractivity contribution < 1.29 is 14.3 Å². The molecule has 0 amide bonds. The van der Waals surface area contributed by atoms with Gasteiger partial charge in [0.2, 0.25) is 0 Å². The largest absolute Gasteiger partial charge is 0.464 e. The summed E-state index contributed by atoms with van der Waals surface area (Å²) in [5.74, 6) is -0.401. The van der Waals surface area contributed by atoms with E-state index in [1.54, 1.807) is 10.7 Å². The van der Waals surface area contributed by atoms with E-state index in [1.807, 2.05) is 0 Å². The van der Waals surface area contributed by atoms with Gasteiger partial charge in [0.15, 0.2) is 5.69 Å². The van der Waals surface area contributed by atoms with Crippen molar-refractivity contribution in [2.45, 2.75) is 13.2 Å². The van der Waals surface area contributed by atoms with Crippen LogP contribution in [0.25, 0.3) is 0 Å². The lowest BCUT2D eigenvalue weighted by Gasteiger charge is -2.12. The maximum atomic E-state index is 11.1. The molecule has 2 heterocycles. The van der Waals surface area contributed by atoms with Crippen LogP contribution in [0.2, 0.25) is 0 Å². The normalized spacial score (nSPS) is 15.2. The number of nitrogens with zero attached hydrogens (tertiary/aromatic N) is 2. The summed E-state index contributed by atoms with van der Waals surface area (Å²) in [6.45, 7) is 1.87. The summed E-state index contributed by atoms with van der Waals surface area (Å²) < 4.78 is 11.5. The standard InChI is InChI=1S/C8H10N2O3/c1-12-8(11)7-4-6-5-13-3-2-10(6)9-7/h4H,2-3,5H2,1H3. The Bertz CT molecular complexity index is 309. The molecule has 5 heteroatoms. The number of hydrogen-bond donors (Lipinski definition) is 0. The van der Waals surface area contributed by atoms with Crippen LogP contribution in [0.5, 0.6) is 0 Å². The highest BCUT2D eigenvalue weighted by Gasteiger charge is 2.16. The zero-order chi connectivity index (χ0) is 9.26. The summed E-state index contributed by atoms with van der Waals surface area (Å²) in [5.41, 5.74) is 1.27. The number of aromatic nitrogens is 2. The summed E-state index contributed by atoms with van der Waals surface area (Å²) in [5, 5.41) is 4.08. The van der Waals surface area contributed by atoms with Crippen LogP contribution in [0.1, 0.15) is 16.2 Å². The summed E-state index contributed by atoms with van der Waals surface area (Å²) in [4.78, 5) is 11.1. The number of esters is 1. The van der Waals surface area contributed by atoms with Crippen LogP contribution in [-0.4, -0.2) is 29.5 Å². The van der Waals surface area contributed by atoms with E-state index in [0.717, 1.165) is 5.69 Å². The van der Waals surface area contributed by atoms with Gasteiger partial charge in [-0.2, -0.15) is 5.10 Å². The van der Waals surface area contributed by atoms with Gasteiger partial charge in [0.25, 0.3) is 0 Å². The molecule has 0 saturated carbocycles. The van der Waals surface area contributed by atoms with Gasteiger partial charge in [0, 0.05) is 0 Å². The lowest BCUT2D eigenvalue weighted by molar-refractivity contribution is 0.0590. The lowest BCUT2D eigenvalue weighted by Crippen LogP contribution is -2.17. The predicted octanol–water partition coefficient (Wildman–Crippen LogP) is 0.200. The monoisotopic (exact) mass is 182 g/mol. The molecule has 0 aromatic carbocycles. The average Bonchev–Trinajstić information content (AvgIpc) is 2.59. The van der Waals surface area contributed by atoms with Gasteiger partial charge in [0.1, 0.15) is 0 Å². The Morgan fingerprint density at radius 2 is 2.62 bits per heavy atom. The molecule has 1 aliphatic rings. The van der Waals surface area contributed by atoms with E-state index in [-0.39, 0.29) is 0 Å². The first kappa shape index (κ1) is 8.25. The molecule has 5 nitrogen and oxygen atoms in total. The minimum atomic E-state index is -0.401. The second kappa shape index (κ2) is 3.18. The predicted molar refractivity (Wildman–Crippen MR) is 43.2 cm³/mol. The van der Waals surface area contributed by atoms with E-state index in [9.17, 15) is 4.79 Å². The van der Waals surface area contributed by atoms with Gasteiger partial charge in [-0.1, -0.05) is 0 Å². The molecule has 1 aliphatic heterocycles. The van der Waals surface area contributed by atoms with Gasteiger partial charge < -0.3 is 9.47 Å². The van der Waals surface area contributed by atoms with Crippen LogP contribution in [0.4, 0.5) is 0 Å². The minimum absolute atomic E-state index is 0.350. The van der Waals surface area contributed by atoms with E-state index >= 15 is 0 Å². The molecular formula is C8H10N2O3. The molecule has 1 aromatic heterocycles. The Hall–Kier alpha value is -1.36. The van der Waals surface area contributed by atoms with Crippen LogP contribution in [0, 0.1) is 0 Å². The number of hydrogen-bond acceptors (Lipinski definition) is 4. The van der Waals surface area contributed by atoms with Gasteiger partial charge in [-0.3, -0.25) is 4.68 Å². The molecule has 0 saturated heterocycles. The number of rotatable bonds is 1. The van der Waals surface area contributed by atoms with Crippen molar-refractivity contribution >= 4 is 5.97 Å². The van der Waals surface area contributed by atoms with E-state index in [0.29, 0.717) is 25.5 Å². The molecule has 1 aromatic rings. The number of carbonyl (C=O) groups excluding carboxylic acids is 1. The van der Waals surface area contributed by atoms with Gasteiger partial charge >= 0.3 is 5.97 Å². The number of ether oxygens (including phenoxy) is 2. The third-order valence-corrected chi connectivity index (χ3v) is 1.96. The molecule has 0 fully saturated rings. The van der Waals surface area contributed by atoms with Crippen molar-refractivity contribution in [3.8, 4) is 0 Å². The molecule has 0 spiro atoms. The first-order valence-electron chi connectivity index (χ1n) is 4.04. The van der Waals surface area contributed by atoms with E-state index < -0.39 is 5.97 Å². The third kappa shape index (κ3) is 1.42. The number of fused-ring (bicyclic) bond motifs is 1. The first-order valence-corrected chi connectivity index (χ1v) is 4.04. The van der Waals surface area contributed by atoms with Gasteiger partial charge in [0.05, 0.1) is 32.6 Å². The quantitative estimate of drug-likeness (QED) is 0.582. The highest BCUT2D eigenvalue weighted by molar-refractivity contribution is 5.87. The Morgan fingerprint density at radius 3 is 3.31 bits per heavy atom. The molecule has 70 valence electrons. The summed E-state index contributed by atoms with van der Waals surface area (Å²) in [6, 6.07) is 1.70. The van der Waals surface area contributed by atoms with Crippen LogP contribution >= 0.6 is 0 Å². The highest BCUT2D eigenvalue weighted by Crippen LogP contribution is 2.11. The summed E-state index contributed by atoms with van der Waals surface area (Å²) >= 11 is 0. The fraction of sp³-hybridized carbons (Fsp3) is 0.500. The molecule has 0 aliphatic carbocycles. The Kier molecular flexibility index (Phi) is 2.02. The molecule has 0 N–H and O–H groups in total. The molecular weight excluding hydrogens is 172 g/mol. The van der Waals surface area contributed by atoms with Gasteiger partial charge in [-0.25, -0.2) is 4.79 Å². The van der Waals surface area contributed by atoms with E-state index in [2.05, 4.69) is 9.84 Å². The highest BCUT2D eigenvalue weighted by atomic mass is 16.5. The topological polar surface area (TPSA) is 53.4 Å². The molecule has 0 bridgehead atoms. The Balaban J connectivity index is 2.30. The zero-order valence-electron chi connectivity index (χ0n) is 7.32. The molecule has 0 radical (unpaired) electrons. The SMILES string of the molecule is COC(=O)c1cc2n(n1)CCOC2. The van der Waals surface area contributed by atoms with Crippen molar-refractivity contribution in [2.75, 3.05) is 13.7 Å². The van der Waals surface area contributed by atoms with E-state index in [1.165, 1.54) is 7.11 Å². The van der Waals surface area contributed by atoms with Crippen LogP contribution < -0.4 is 0 Å². The molecule has 0 atom stereocenters. The van der Waals surface area contributed by atoms with Crippen molar-refractivity contribution in [1.82, 2.24) is 9.78 Å². The van der Waals surface area contributed by atoms with E-state index in [4.69, 9.17) is 4.74 Å². The van der Waals surface area contributed by atoms with Gasteiger partial charge in [-0.05, 0) is 6.07 Å². The zero-order valence-corrected chi connectivity index (χ0v) is 7.32. The van der Waals surface area contributed by atoms with Crippen molar-refractivity contribution in [3.05, 3.63) is 17.5 Å². The second-order valence-corrected chi connectivity index (χ2v) is 2.79. The Morgan fingerprint density at radius 1 is 1.77 bits per heavy atom. The van der Waals surface area contributed by atoms with Crippen LogP contribution in [0.3, 0.4) is 0 Å². The van der Waals surface area contributed by atoms with Crippen molar-refractivity contribution in [2.24, 2.45) is 0 Å². The van der Waals surface area contributed by atoms with Gasteiger partial charge in [-0.15, -0.1) is 0 Å². The fourth-order valence-corrected chi connectivity index (χ4v) is 1.30. The summed E-state index contributed by atoms with van der Waals surface area (Å²) in [6.07, 6.45) is 0. The maximum absolute atomic E-state index is 11.1. The van der Waals surface area contributed by atoms with Crippen LogP contribution in [-0.2, 0) is 22.6 Å². The minimum Gasteiger partial charge on any atom is -0.464 e. The number of carbonyl (C=O) groups is 1. The maximum Gasteiger partial charge on any atom is 0.358 e. The number of methoxy groups -OCH3 is 1. The summed E-state index contributed by atoms with van der Waals surface area (Å²) in [7, 11) is 1.34. The van der Waals surface area contributed by atoms with Crippen LogP contribution in [0.15, 0.2) is 6.07 Å². The molecule has 0 unspecified atom stereocenters. The molecule has 2 rings (SSSR count). The fourth-order valence-electron chi connectivity index (χ4n) is 1.30. The second-order valence-electron chi connectivity index (χ2n) is 2.79. The first-order chi connectivity index (χ1) is 6.31.